The highest BCUT2D eigenvalue weighted by atomic mass is 32.2. The molecule has 1 unspecified atom stereocenters. The lowest BCUT2D eigenvalue weighted by atomic mass is 10.0. The van der Waals surface area contributed by atoms with Crippen molar-refractivity contribution in [1.29, 1.82) is 0 Å². The summed E-state index contributed by atoms with van der Waals surface area (Å²) in [5.74, 6) is 0. The van der Waals surface area contributed by atoms with Gasteiger partial charge in [0.2, 0.25) is 15.6 Å². The molecule has 0 aromatic carbocycles. The van der Waals surface area contributed by atoms with Crippen LogP contribution in [-0.4, -0.2) is 24.3 Å². The third-order valence-electron chi connectivity index (χ3n) is 3.58. The Balaban J connectivity index is 2.01. The van der Waals surface area contributed by atoms with Crippen molar-refractivity contribution in [2.45, 2.75) is 24.3 Å². The van der Waals surface area contributed by atoms with Gasteiger partial charge in [-0.05, 0) is 36.4 Å². The summed E-state index contributed by atoms with van der Waals surface area (Å²) in [4.78, 5) is 14.9. The zero-order chi connectivity index (χ0) is 14.3. The van der Waals surface area contributed by atoms with Crippen LogP contribution >= 0.6 is 11.3 Å². The molecule has 5 nitrogen and oxygen atoms in total. The summed E-state index contributed by atoms with van der Waals surface area (Å²) < 4.78 is 26.8. The van der Waals surface area contributed by atoms with E-state index in [9.17, 15) is 13.2 Å². The lowest BCUT2D eigenvalue weighted by Gasteiger charge is -2.32. The minimum atomic E-state index is -3.58. The predicted molar refractivity (Wildman–Crippen MR) is 77.4 cm³/mol. The van der Waals surface area contributed by atoms with E-state index in [1.165, 1.54) is 27.5 Å². The van der Waals surface area contributed by atoms with Gasteiger partial charge >= 0.3 is 0 Å². The number of thiophene rings is 1. The van der Waals surface area contributed by atoms with Gasteiger partial charge in [0.1, 0.15) is 0 Å². The third kappa shape index (κ3) is 2.11. The van der Waals surface area contributed by atoms with Gasteiger partial charge in [0, 0.05) is 29.7 Å². The van der Waals surface area contributed by atoms with Gasteiger partial charge in [0.05, 0.1) is 4.90 Å². The molecule has 0 bridgehead atoms. The number of nitrogens with zero attached hydrogens (tertiary/aromatic N) is 1. The third-order valence-corrected chi connectivity index (χ3v) is 6.55. The number of fused-ring (bicyclic) bond motifs is 1. The van der Waals surface area contributed by atoms with Gasteiger partial charge in [0.15, 0.2) is 0 Å². The van der Waals surface area contributed by atoms with Gasteiger partial charge in [-0.2, -0.15) is 4.31 Å². The molecular weight excluding hydrogens is 296 g/mol. The van der Waals surface area contributed by atoms with Crippen molar-refractivity contribution < 1.29 is 8.42 Å². The molecule has 7 heteroatoms. The number of hydrogen-bond acceptors (Lipinski definition) is 4. The first-order valence-electron chi connectivity index (χ1n) is 6.27. The van der Waals surface area contributed by atoms with Crippen molar-refractivity contribution in [3.05, 3.63) is 50.6 Å². The molecule has 1 aliphatic heterocycles. The summed E-state index contributed by atoms with van der Waals surface area (Å²) in [6, 6.07) is 4.39. The van der Waals surface area contributed by atoms with Gasteiger partial charge < -0.3 is 4.98 Å². The Morgan fingerprint density at radius 3 is 2.85 bits per heavy atom. The Kier molecular flexibility index (Phi) is 3.27. The van der Waals surface area contributed by atoms with Gasteiger partial charge in [-0.3, -0.25) is 4.79 Å². The maximum absolute atomic E-state index is 12.6. The van der Waals surface area contributed by atoms with Crippen LogP contribution in [0, 0.1) is 0 Å². The molecule has 2 aromatic heterocycles. The van der Waals surface area contributed by atoms with Crippen LogP contribution < -0.4 is 5.56 Å². The smallest absolute Gasteiger partial charge is 0.247 e. The van der Waals surface area contributed by atoms with Crippen LogP contribution in [0.15, 0.2) is 39.5 Å². The van der Waals surface area contributed by atoms with E-state index >= 15 is 0 Å². The monoisotopic (exact) mass is 310 g/mol. The van der Waals surface area contributed by atoms with Gasteiger partial charge in [-0.25, -0.2) is 8.42 Å². The molecule has 0 fully saturated rings. The zero-order valence-corrected chi connectivity index (χ0v) is 12.5. The average Bonchev–Trinajstić information content (AvgIpc) is 2.88. The molecule has 1 N–H and O–H groups in total. The summed E-state index contributed by atoms with van der Waals surface area (Å²) >= 11 is 1.67. The van der Waals surface area contributed by atoms with E-state index in [2.05, 4.69) is 4.98 Å². The Morgan fingerprint density at radius 2 is 2.15 bits per heavy atom. The fourth-order valence-corrected chi connectivity index (χ4v) is 5.05. The molecule has 3 heterocycles. The molecule has 106 valence electrons. The number of hydrogen-bond donors (Lipinski definition) is 1. The predicted octanol–water partition coefficient (Wildman–Crippen LogP) is 1.74. The van der Waals surface area contributed by atoms with E-state index in [1.54, 1.807) is 11.3 Å². The normalized spacial score (nSPS) is 19.8. The van der Waals surface area contributed by atoms with E-state index in [-0.39, 0.29) is 16.5 Å². The molecular formula is C13H14N2O3S2. The molecule has 1 aliphatic rings. The summed E-state index contributed by atoms with van der Waals surface area (Å²) in [7, 11) is -3.58. The number of pyridine rings is 1. The maximum atomic E-state index is 12.6. The maximum Gasteiger partial charge on any atom is 0.247 e. The highest BCUT2D eigenvalue weighted by Gasteiger charge is 2.34. The lowest BCUT2D eigenvalue weighted by Crippen LogP contribution is -2.38. The molecule has 20 heavy (non-hydrogen) atoms. The molecule has 0 saturated heterocycles. The standard InChI is InChI=1S/C13H14N2O3S2/c1-9-11-5-7-19-12(11)4-6-15(9)20(17,18)10-2-3-13(16)14-8-10/h2-3,5,7-9H,4,6H2,1H3,(H,14,16). The van der Waals surface area contributed by atoms with Crippen LogP contribution in [0.1, 0.15) is 23.4 Å². The fraction of sp³-hybridized carbons (Fsp3) is 0.308. The van der Waals surface area contributed by atoms with Crippen molar-refractivity contribution in [2.24, 2.45) is 0 Å². The summed E-state index contributed by atoms with van der Waals surface area (Å²) in [6.45, 7) is 2.37. The minimum Gasteiger partial charge on any atom is -0.328 e. The van der Waals surface area contributed by atoms with E-state index in [0.717, 1.165) is 12.0 Å². The van der Waals surface area contributed by atoms with Crippen LogP contribution in [0.2, 0.25) is 0 Å². The van der Waals surface area contributed by atoms with Crippen LogP contribution in [0.5, 0.6) is 0 Å². The number of nitrogens with one attached hydrogen (secondary N) is 1. The molecule has 0 radical (unpaired) electrons. The first-order valence-corrected chi connectivity index (χ1v) is 8.59. The van der Waals surface area contributed by atoms with Crippen LogP contribution in [-0.2, 0) is 16.4 Å². The van der Waals surface area contributed by atoms with Crippen LogP contribution in [0.4, 0.5) is 0 Å². The Labute approximate surface area is 120 Å². The quantitative estimate of drug-likeness (QED) is 0.918. The van der Waals surface area contributed by atoms with E-state index < -0.39 is 10.0 Å². The average molecular weight is 310 g/mol. The van der Waals surface area contributed by atoms with E-state index in [4.69, 9.17) is 0 Å². The van der Waals surface area contributed by atoms with Crippen LogP contribution in [0.3, 0.4) is 0 Å². The lowest BCUT2D eigenvalue weighted by molar-refractivity contribution is 0.329. The summed E-state index contributed by atoms with van der Waals surface area (Å²) in [5.41, 5.74) is 0.769. The first-order chi connectivity index (χ1) is 9.50. The molecule has 3 rings (SSSR count). The van der Waals surface area contributed by atoms with Gasteiger partial charge in [-0.1, -0.05) is 0 Å². The second kappa shape index (κ2) is 4.83. The number of rotatable bonds is 2. The number of sulfonamides is 1. The van der Waals surface area contributed by atoms with E-state index in [1.807, 2.05) is 18.4 Å². The molecule has 2 aromatic rings. The van der Waals surface area contributed by atoms with Crippen molar-refractivity contribution in [1.82, 2.24) is 9.29 Å². The molecule has 0 aliphatic carbocycles. The zero-order valence-electron chi connectivity index (χ0n) is 10.9. The molecule has 0 amide bonds. The van der Waals surface area contributed by atoms with Crippen molar-refractivity contribution >= 4 is 21.4 Å². The van der Waals surface area contributed by atoms with E-state index in [0.29, 0.717) is 6.54 Å². The number of aromatic nitrogens is 1. The van der Waals surface area contributed by atoms with Crippen LogP contribution in [0.25, 0.3) is 0 Å². The fourth-order valence-electron chi connectivity index (χ4n) is 2.51. The Hall–Kier alpha value is -1.44. The largest absolute Gasteiger partial charge is 0.328 e. The Bertz CT molecular complexity index is 771. The topological polar surface area (TPSA) is 70.2 Å². The van der Waals surface area contributed by atoms with Crippen molar-refractivity contribution in [2.75, 3.05) is 6.54 Å². The molecule has 0 spiro atoms. The SMILES string of the molecule is CC1c2ccsc2CCN1S(=O)(=O)c1ccc(=O)[nH]c1. The number of H-pyrrole nitrogens is 1. The second-order valence-electron chi connectivity index (χ2n) is 4.73. The Morgan fingerprint density at radius 1 is 1.35 bits per heavy atom. The first kappa shape index (κ1) is 13.5. The molecule has 1 atom stereocenters. The summed E-state index contributed by atoms with van der Waals surface area (Å²) in [6.07, 6.45) is 1.99. The number of aromatic amines is 1. The highest BCUT2D eigenvalue weighted by molar-refractivity contribution is 7.89. The second-order valence-corrected chi connectivity index (χ2v) is 7.62. The van der Waals surface area contributed by atoms with Gasteiger partial charge in [-0.15, -0.1) is 11.3 Å². The van der Waals surface area contributed by atoms with Crippen molar-refractivity contribution in [3.63, 3.8) is 0 Å². The minimum absolute atomic E-state index is 0.127. The van der Waals surface area contributed by atoms with Gasteiger partial charge in [0.25, 0.3) is 0 Å². The summed E-state index contributed by atoms with van der Waals surface area (Å²) in [5, 5.41) is 2.00. The highest BCUT2D eigenvalue weighted by Crippen LogP contribution is 2.35. The molecule has 0 saturated carbocycles. The van der Waals surface area contributed by atoms with Crippen molar-refractivity contribution in [3.8, 4) is 0 Å².